The summed E-state index contributed by atoms with van der Waals surface area (Å²) in [5.41, 5.74) is 7.59. The molecule has 0 aromatic heterocycles. The fraction of sp³-hybridized carbons (Fsp3) is 0.133. The van der Waals surface area contributed by atoms with Crippen LogP contribution in [0.5, 0.6) is 0 Å². The fourth-order valence-electron chi connectivity index (χ4n) is 2.06. The molecular formula is C15H16N2O. The Labute approximate surface area is 107 Å². The molecule has 0 fully saturated rings. The van der Waals surface area contributed by atoms with Crippen LogP contribution in [0.1, 0.15) is 11.1 Å². The molecule has 0 saturated heterocycles. The second kappa shape index (κ2) is 5.02. The summed E-state index contributed by atoms with van der Waals surface area (Å²) in [4.78, 5) is 11.5. The lowest BCUT2D eigenvalue weighted by Crippen LogP contribution is -2.40. The zero-order valence-electron chi connectivity index (χ0n) is 10.3. The molecular weight excluding hydrogens is 224 g/mol. The number of nitrogens with one attached hydrogen (secondary N) is 1. The fourth-order valence-corrected chi connectivity index (χ4v) is 2.06. The summed E-state index contributed by atoms with van der Waals surface area (Å²) in [6.07, 6.45) is 0.790. The Balaban J connectivity index is 2.60. The first-order valence-electron chi connectivity index (χ1n) is 5.80. The van der Waals surface area contributed by atoms with Crippen LogP contribution < -0.4 is 11.1 Å². The number of rotatable bonds is 4. The molecule has 0 aliphatic heterocycles. The highest BCUT2D eigenvalue weighted by Gasteiger charge is 2.31. The van der Waals surface area contributed by atoms with E-state index in [4.69, 9.17) is 5.73 Å². The Kier molecular flexibility index (Phi) is 3.44. The van der Waals surface area contributed by atoms with Gasteiger partial charge in [0.05, 0.1) is 0 Å². The van der Waals surface area contributed by atoms with Crippen molar-refractivity contribution in [1.29, 1.82) is 0 Å². The van der Waals surface area contributed by atoms with Crippen LogP contribution in [0.2, 0.25) is 0 Å². The molecule has 1 unspecified atom stereocenters. The van der Waals surface area contributed by atoms with Crippen LogP contribution in [0.25, 0.3) is 0 Å². The predicted octanol–water partition coefficient (Wildman–Crippen LogP) is 2.13. The van der Waals surface area contributed by atoms with E-state index >= 15 is 0 Å². The van der Waals surface area contributed by atoms with E-state index in [9.17, 15) is 4.79 Å². The van der Waals surface area contributed by atoms with Gasteiger partial charge in [0, 0.05) is 18.3 Å². The third kappa shape index (κ3) is 2.00. The van der Waals surface area contributed by atoms with Crippen molar-refractivity contribution in [2.45, 2.75) is 5.54 Å². The van der Waals surface area contributed by atoms with Crippen molar-refractivity contribution in [1.82, 2.24) is 0 Å². The lowest BCUT2D eigenvalue weighted by molar-refractivity contribution is -0.111. The molecule has 0 heterocycles. The van der Waals surface area contributed by atoms with Gasteiger partial charge in [-0.15, -0.1) is 0 Å². The quantitative estimate of drug-likeness (QED) is 0.805. The maximum atomic E-state index is 11.5. The topological polar surface area (TPSA) is 55.1 Å². The zero-order chi connectivity index (χ0) is 13.0. The van der Waals surface area contributed by atoms with Gasteiger partial charge in [0.15, 0.2) is 0 Å². The Morgan fingerprint density at radius 1 is 1.06 bits per heavy atom. The molecule has 0 spiro atoms. The molecule has 18 heavy (non-hydrogen) atoms. The van der Waals surface area contributed by atoms with Gasteiger partial charge in [-0.2, -0.15) is 0 Å². The lowest BCUT2D eigenvalue weighted by Gasteiger charge is -2.26. The summed E-state index contributed by atoms with van der Waals surface area (Å²) in [6, 6.07) is 16.9. The van der Waals surface area contributed by atoms with Gasteiger partial charge >= 0.3 is 0 Å². The van der Waals surface area contributed by atoms with Gasteiger partial charge in [-0.25, -0.2) is 0 Å². The van der Waals surface area contributed by atoms with Crippen molar-refractivity contribution < 1.29 is 4.79 Å². The van der Waals surface area contributed by atoms with Crippen LogP contribution in [0, 0.1) is 0 Å². The summed E-state index contributed by atoms with van der Waals surface area (Å²) in [5.74, 6) is 0. The molecule has 1 atom stereocenters. The minimum absolute atomic E-state index is 0.772. The van der Waals surface area contributed by atoms with E-state index in [0.717, 1.165) is 23.1 Å². The molecule has 3 N–H and O–H groups in total. The normalized spacial score (nSPS) is 13.7. The second-order valence-corrected chi connectivity index (χ2v) is 4.15. The number of benzene rings is 2. The molecule has 92 valence electrons. The van der Waals surface area contributed by atoms with E-state index in [1.54, 1.807) is 0 Å². The van der Waals surface area contributed by atoms with Gasteiger partial charge in [-0.3, -0.25) is 0 Å². The van der Waals surface area contributed by atoms with Gasteiger partial charge < -0.3 is 15.8 Å². The molecule has 0 bridgehead atoms. The molecule has 2 rings (SSSR count). The summed E-state index contributed by atoms with van der Waals surface area (Å²) in [7, 11) is 1.81. The van der Waals surface area contributed by atoms with Gasteiger partial charge in [0.25, 0.3) is 0 Å². The number of anilines is 1. The number of para-hydroxylation sites is 1. The number of nitrogens with two attached hydrogens (primary N) is 1. The maximum absolute atomic E-state index is 11.5. The van der Waals surface area contributed by atoms with Crippen molar-refractivity contribution in [2.24, 2.45) is 5.73 Å². The number of carbonyl (C=O) groups excluding carboxylic acids is 1. The Hall–Kier alpha value is -2.13. The molecule has 0 aliphatic carbocycles. The highest BCUT2D eigenvalue weighted by atomic mass is 16.1. The molecule has 0 radical (unpaired) electrons. The number of carbonyl (C=O) groups is 1. The van der Waals surface area contributed by atoms with E-state index in [2.05, 4.69) is 5.32 Å². The van der Waals surface area contributed by atoms with Gasteiger partial charge in [0.2, 0.25) is 0 Å². The summed E-state index contributed by atoms with van der Waals surface area (Å²) in [6.45, 7) is 0. The molecule has 3 heteroatoms. The van der Waals surface area contributed by atoms with E-state index in [0.29, 0.717) is 0 Å². The van der Waals surface area contributed by atoms with Crippen LogP contribution in [-0.2, 0) is 10.3 Å². The standard InChI is InChI=1S/C15H16N2O/c1-17-14-10-6-5-9-13(14)15(16,11-18)12-7-3-2-4-8-12/h2-11,17H,16H2,1H3. The smallest absolute Gasteiger partial charge is 0.149 e. The molecule has 0 aliphatic rings. The van der Waals surface area contributed by atoms with Crippen LogP contribution in [0.4, 0.5) is 5.69 Å². The third-order valence-electron chi connectivity index (χ3n) is 3.08. The Morgan fingerprint density at radius 2 is 1.67 bits per heavy atom. The second-order valence-electron chi connectivity index (χ2n) is 4.15. The van der Waals surface area contributed by atoms with Gasteiger partial charge in [-0.05, 0) is 11.6 Å². The van der Waals surface area contributed by atoms with Gasteiger partial charge in [-0.1, -0.05) is 48.5 Å². The van der Waals surface area contributed by atoms with Crippen molar-refractivity contribution in [2.75, 3.05) is 12.4 Å². The first kappa shape index (κ1) is 12.3. The monoisotopic (exact) mass is 240 g/mol. The minimum atomic E-state index is -1.12. The van der Waals surface area contributed by atoms with Crippen molar-refractivity contribution in [3.05, 3.63) is 65.7 Å². The highest BCUT2D eigenvalue weighted by Crippen LogP contribution is 2.30. The average molecular weight is 240 g/mol. The first-order chi connectivity index (χ1) is 8.72. The number of aldehydes is 1. The van der Waals surface area contributed by atoms with Crippen LogP contribution in [0.3, 0.4) is 0 Å². The van der Waals surface area contributed by atoms with Crippen LogP contribution in [-0.4, -0.2) is 13.3 Å². The summed E-state index contributed by atoms with van der Waals surface area (Å²) in [5, 5.41) is 3.07. The van der Waals surface area contributed by atoms with Crippen molar-refractivity contribution in [3.63, 3.8) is 0 Å². The SMILES string of the molecule is CNc1ccccc1C(N)(C=O)c1ccccc1. The zero-order valence-corrected chi connectivity index (χ0v) is 10.3. The highest BCUT2D eigenvalue weighted by molar-refractivity contribution is 5.78. The Bertz CT molecular complexity index is 539. The maximum Gasteiger partial charge on any atom is 0.149 e. The van der Waals surface area contributed by atoms with Gasteiger partial charge in [0.1, 0.15) is 11.8 Å². The predicted molar refractivity (Wildman–Crippen MR) is 73.5 cm³/mol. The number of hydrogen-bond donors (Lipinski definition) is 2. The average Bonchev–Trinajstić information content (AvgIpc) is 2.47. The summed E-state index contributed by atoms with van der Waals surface area (Å²) < 4.78 is 0. The van der Waals surface area contributed by atoms with Crippen LogP contribution >= 0.6 is 0 Å². The first-order valence-corrected chi connectivity index (χ1v) is 5.80. The molecule has 0 saturated carbocycles. The van der Waals surface area contributed by atoms with Crippen molar-refractivity contribution in [3.8, 4) is 0 Å². The molecule has 3 nitrogen and oxygen atoms in total. The molecule has 2 aromatic rings. The van der Waals surface area contributed by atoms with E-state index < -0.39 is 5.54 Å². The Morgan fingerprint density at radius 3 is 2.28 bits per heavy atom. The van der Waals surface area contributed by atoms with E-state index in [1.165, 1.54) is 0 Å². The summed E-state index contributed by atoms with van der Waals surface area (Å²) >= 11 is 0. The minimum Gasteiger partial charge on any atom is -0.388 e. The third-order valence-corrected chi connectivity index (χ3v) is 3.08. The molecule has 2 aromatic carbocycles. The largest absolute Gasteiger partial charge is 0.388 e. The molecule has 0 amide bonds. The van der Waals surface area contributed by atoms with Crippen LogP contribution in [0.15, 0.2) is 54.6 Å². The van der Waals surface area contributed by atoms with E-state index in [-0.39, 0.29) is 0 Å². The lowest BCUT2D eigenvalue weighted by atomic mass is 9.84. The van der Waals surface area contributed by atoms with E-state index in [1.807, 2.05) is 61.6 Å². The van der Waals surface area contributed by atoms with Crippen molar-refractivity contribution >= 4 is 12.0 Å². The number of hydrogen-bond acceptors (Lipinski definition) is 3.